The highest BCUT2D eigenvalue weighted by Gasteiger charge is 2.21. The molecule has 0 fully saturated rings. The molecule has 0 saturated carbocycles. The normalized spacial score (nSPS) is 14.7. The molecular weight excluding hydrogens is 174 g/mol. The van der Waals surface area contributed by atoms with Gasteiger partial charge in [0.1, 0.15) is 5.82 Å². The molecule has 0 aliphatic carbocycles. The third-order valence-electron chi connectivity index (χ3n) is 2.87. The van der Waals surface area contributed by atoms with Crippen molar-refractivity contribution in [2.75, 3.05) is 0 Å². The summed E-state index contributed by atoms with van der Waals surface area (Å²) in [5, 5.41) is 9.01. The van der Waals surface area contributed by atoms with Gasteiger partial charge in [-0.2, -0.15) is 5.26 Å². The van der Waals surface area contributed by atoms with Crippen molar-refractivity contribution in [3.63, 3.8) is 0 Å². The molecule has 0 aliphatic rings. The molecule has 1 aromatic heterocycles. The van der Waals surface area contributed by atoms with E-state index in [9.17, 15) is 0 Å². The fourth-order valence-corrected chi connectivity index (χ4v) is 1.34. The molecule has 3 heteroatoms. The van der Waals surface area contributed by atoms with E-state index >= 15 is 0 Å². The Balaban J connectivity index is 2.57. The second kappa shape index (κ2) is 4.28. The number of hydrogen-bond acceptors (Lipinski definition) is 2. The minimum atomic E-state index is -0.202. The zero-order valence-corrected chi connectivity index (χ0v) is 9.12. The molecule has 0 aromatic carbocycles. The first-order valence-electron chi connectivity index (χ1n) is 4.99. The Morgan fingerprint density at radius 2 is 2.36 bits per heavy atom. The maximum absolute atomic E-state index is 9.01. The van der Waals surface area contributed by atoms with Gasteiger partial charge >= 0.3 is 0 Å². The van der Waals surface area contributed by atoms with Crippen LogP contribution in [0.25, 0.3) is 0 Å². The van der Waals surface area contributed by atoms with E-state index in [4.69, 9.17) is 5.26 Å². The third kappa shape index (κ3) is 2.35. The van der Waals surface area contributed by atoms with Crippen molar-refractivity contribution in [1.29, 1.82) is 5.26 Å². The van der Waals surface area contributed by atoms with Crippen LogP contribution in [-0.4, -0.2) is 9.55 Å². The van der Waals surface area contributed by atoms with Gasteiger partial charge in [0, 0.05) is 25.9 Å². The molecular formula is C11H17N3. The van der Waals surface area contributed by atoms with E-state index in [0.29, 0.717) is 0 Å². The number of nitrogens with zero attached hydrogens (tertiary/aromatic N) is 3. The highest BCUT2D eigenvalue weighted by Crippen LogP contribution is 2.25. The van der Waals surface area contributed by atoms with E-state index in [1.807, 2.05) is 24.7 Å². The van der Waals surface area contributed by atoms with E-state index in [2.05, 4.69) is 18.0 Å². The molecule has 3 nitrogen and oxygen atoms in total. The van der Waals surface area contributed by atoms with Gasteiger partial charge in [0.15, 0.2) is 0 Å². The molecule has 1 unspecified atom stereocenters. The summed E-state index contributed by atoms with van der Waals surface area (Å²) < 4.78 is 2.01. The van der Waals surface area contributed by atoms with Crippen LogP contribution in [0.2, 0.25) is 0 Å². The van der Waals surface area contributed by atoms with E-state index < -0.39 is 0 Å². The van der Waals surface area contributed by atoms with Gasteiger partial charge in [-0.3, -0.25) is 0 Å². The van der Waals surface area contributed by atoms with Crippen LogP contribution >= 0.6 is 0 Å². The van der Waals surface area contributed by atoms with Gasteiger partial charge in [-0.05, 0) is 19.8 Å². The lowest BCUT2D eigenvalue weighted by Crippen LogP contribution is -2.14. The van der Waals surface area contributed by atoms with Gasteiger partial charge in [0.05, 0.1) is 11.5 Å². The Morgan fingerprint density at radius 3 is 2.79 bits per heavy atom. The lowest BCUT2D eigenvalue weighted by Gasteiger charge is -2.18. The first-order valence-corrected chi connectivity index (χ1v) is 4.99. The topological polar surface area (TPSA) is 41.6 Å². The highest BCUT2D eigenvalue weighted by atomic mass is 15.0. The molecule has 1 atom stereocenters. The Morgan fingerprint density at radius 1 is 1.64 bits per heavy atom. The zero-order valence-electron chi connectivity index (χ0n) is 9.12. The standard InChI is InChI=1S/C11H17N3/c1-4-11(2,9-12)6-5-10-13-7-8-14(10)3/h7-8H,4-6H2,1-3H3. The van der Waals surface area contributed by atoms with Crippen LogP contribution in [0.5, 0.6) is 0 Å². The van der Waals surface area contributed by atoms with Crippen LogP contribution in [0.4, 0.5) is 0 Å². The Hall–Kier alpha value is -1.30. The molecule has 0 amide bonds. The quantitative estimate of drug-likeness (QED) is 0.732. The largest absolute Gasteiger partial charge is 0.338 e. The number of hydrogen-bond donors (Lipinski definition) is 0. The molecule has 76 valence electrons. The summed E-state index contributed by atoms with van der Waals surface area (Å²) in [6.45, 7) is 4.07. The molecule has 1 rings (SSSR count). The fraction of sp³-hybridized carbons (Fsp3) is 0.636. The molecule has 0 radical (unpaired) electrons. The predicted molar refractivity (Wildman–Crippen MR) is 55.5 cm³/mol. The molecule has 0 saturated heterocycles. The minimum absolute atomic E-state index is 0.202. The molecule has 0 N–H and O–H groups in total. The smallest absolute Gasteiger partial charge is 0.108 e. The molecule has 14 heavy (non-hydrogen) atoms. The van der Waals surface area contributed by atoms with Crippen molar-refractivity contribution in [1.82, 2.24) is 9.55 Å². The monoisotopic (exact) mass is 191 g/mol. The maximum Gasteiger partial charge on any atom is 0.108 e. The second-order valence-electron chi connectivity index (χ2n) is 3.98. The van der Waals surface area contributed by atoms with E-state index in [-0.39, 0.29) is 5.41 Å². The lowest BCUT2D eigenvalue weighted by atomic mass is 9.84. The summed E-state index contributed by atoms with van der Waals surface area (Å²) in [4.78, 5) is 4.24. The molecule has 1 heterocycles. The van der Waals surface area contributed by atoms with Gasteiger partial charge in [0.2, 0.25) is 0 Å². The second-order valence-corrected chi connectivity index (χ2v) is 3.98. The number of aromatic nitrogens is 2. The van der Waals surface area contributed by atoms with Gasteiger partial charge in [-0.1, -0.05) is 6.92 Å². The van der Waals surface area contributed by atoms with Crippen molar-refractivity contribution in [2.24, 2.45) is 12.5 Å². The van der Waals surface area contributed by atoms with Crippen molar-refractivity contribution in [3.8, 4) is 6.07 Å². The molecule has 0 spiro atoms. The van der Waals surface area contributed by atoms with Gasteiger partial charge in [-0.15, -0.1) is 0 Å². The van der Waals surface area contributed by atoms with Crippen molar-refractivity contribution in [2.45, 2.75) is 33.1 Å². The van der Waals surface area contributed by atoms with Crippen LogP contribution in [0.15, 0.2) is 12.4 Å². The summed E-state index contributed by atoms with van der Waals surface area (Å²) in [7, 11) is 1.98. The van der Waals surface area contributed by atoms with E-state index in [1.165, 1.54) is 0 Å². The van der Waals surface area contributed by atoms with Crippen LogP contribution in [0.3, 0.4) is 0 Å². The molecule has 1 aromatic rings. The van der Waals surface area contributed by atoms with Crippen LogP contribution in [-0.2, 0) is 13.5 Å². The van der Waals surface area contributed by atoms with Crippen molar-refractivity contribution in [3.05, 3.63) is 18.2 Å². The van der Waals surface area contributed by atoms with Crippen molar-refractivity contribution >= 4 is 0 Å². The average molecular weight is 191 g/mol. The molecule has 0 bridgehead atoms. The van der Waals surface area contributed by atoms with Gasteiger partial charge in [-0.25, -0.2) is 4.98 Å². The van der Waals surface area contributed by atoms with Crippen LogP contribution < -0.4 is 0 Å². The summed E-state index contributed by atoms with van der Waals surface area (Å²) in [6.07, 6.45) is 6.39. The molecule has 0 aliphatic heterocycles. The predicted octanol–water partition coefficient (Wildman–Crippen LogP) is 2.29. The number of imidazole rings is 1. The zero-order chi connectivity index (χ0) is 10.6. The first kappa shape index (κ1) is 10.8. The Kier molecular flexibility index (Phi) is 3.29. The van der Waals surface area contributed by atoms with Gasteiger partial charge < -0.3 is 4.57 Å². The van der Waals surface area contributed by atoms with Gasteiger partial charge in [0.25, 0.3) is 0 Å². The van der Waals surface area contributed by atoms with E-state index in [0.717, 1.165) is 25.1 Å². The minimum Gasteiger partial charge on any atom is -0.338 e. The Labute approximate surface area is 85.4 Å². The van der Waals surface area contributed by atoms with Crippen LogP contribution in [0.1, 0.15) is 32.5 Å². The summed E-state index contributed by atoms with van der Waals surface area (Å²) >= 11 is 0. The summed E-state index contributed by atoms with van der Waals surface area (Å²) in [6, 6.07) is 2.37. The average Bonchev–Trinajstić information content (AvgIpc) is 2.61. The lowest BCUT2D eigenvalue weighted by molar-refractivity contribution is 0.385. The SMILES string of the molecule is CCC(C)(C#N)CCc1nccn1C. The van der Waals surface area contributed by atoms with Crippen molar-refractivity contribution < 1.29 is 0 Å². The fourth-order valence-electron chi connectivity index (χ4n) is 1.34. The highest BCUT2D eigenvalue weighted by molar-refractivity contribution is 4.99. The first-order chi connectivity index (χ1) is 6.61. The van der Waals surface area contributed by atoms with E-state index in [1.54, 1.807) is 6.20 Å². The maximum atomic E-state index is 9.01. The number of nitriles is 1. The van der Waals surface area contributed by atoms with Crippen LogP contribution in [0, 0.1) is 16.7 Å². The Bertz CT molecular complexity index is 335. The number of rotatable bonds is 4. The number of aryl methyl sites for hydroxylation is 2. The summed E-state index contributed by atoms with van der Waals surface area (Å²) in [5.74, 6) is 1.06. The summed E-state index contributed by atoms with van der Waals surface area (Å²) in [5.41, 5.74) is -0.202. The third-order valence-corrected chi connectivity index (χ3v) is 2.87.